The van der Waals surface area contributed by atoms with Crippen LogP contribution in [0.2, 0.25) is 0 Å². The van der Waals surface area contributed by atoms with Gasteiger partial charge in [0, 0.05) is 37.3 Å². The molecular formula is C15H21N5O2. The maximum absolute atomic E-state index is 11.4. The fraction of sp³-hybridized carbons (Fsp3) is 0.400. The summed E-state index contributed by atoms with van der Waals surface area (Å²) >= 11 is 0. The molecule has 118 valence electrons. The SMILES string of the molecule is COCCn1nc(C)c(CNc2ccncc2C(N)=O)c1C. The number of aryl methyl sites for hydroxylation is 1. The summed E-state index contributed by atoms with van der Waals surface area (Å²) < 4.78 is 7.01. The molecule has 0 aliphatic rings. The average molecular weight is 303 g/mol. The topological polar surface area (TPSA) is 95.1 Å². The zero-order valence-electron chi connectivity index (χ0n) is 13.1. The molecule has 1 amide bonds. The van der Waals surface area contributed by atoms with Crippen molar-refractivity contribution in [1.82, 2.24) is 14.8 Å². The number of methoxy groups -OCH3 is 1. The second-order valence-corrected chi connectivity index (χ2v) is 5.00. The lowest BCUT2D eigenvalue weighted by Gasteiger charge is -2.10. The summed E-state index contributed by atoms with van der Waals surface area (Å²) in [5.74, 6) is -0.500. The molecule has 7 heteroatoms. The Morgan fingerprint density at radius 3 is 2.91 bits per heavy atom. The van der Waals surface area contributed by atoms with Crippen molar-refractivity contribution in [2.45, 2.75) is 26.9 Å². The number of amides is 1. The molecular weight excluding hydrogens is 282 g/mol. The van der Waals surface area contributed by atoms with E-state index in [2.05, 4.69) is 15.4 Å². The van der Waals surface area contributed by atoms with Crippen molar-refractivity contribution in [3.05, 3.63) is 41.0 Å². The van der Waals surface area contributed by atoms with Gasteiger partial charge < -0.3 is 15.8 Å². The Morgan fingerprint density at radius 1 is 1.45 bits per heavy atom. The molecule has 3 N–H and O–H groups in total. The molecule has 2 aromatic rings. The van der Waals surface area contributed by atoms with Gasteiger partial charge in [-0.3, -0.25) is 14.5 Å². The molecule has 0 atom stereocenters. The third kappa shape index (κ3) is 3.43. The molecule has 22 heavy (non-hydrogen) atoms. The van der Waals surface area contributed by atoms with Gasteiger partial charge in [0.25, 0.3) is 5.91 Å². The number of nitrogens with two attached hydrogens (primary N) is 1. The summed E-state index contributed by atoms with van der Waals surface area (Å²) in [6, 6.07) is 1.74. The number of pyridine rings is 1. The Balaban J connectivity index is 2.15. The van der Waals surface area contributed by atoms with E-state index < -0.39 is 5.91 Å². The molecule has 0 radical (unpaired) electrons. The fourth-order valence-electron chi connectivity index (χ4n) is 2.31. The minimum atomic E-state index is -0.500. The van der Waals surface area contributed by atoms with E-state index in [9.17, 15) is 4.79 Å². The molecule has 0 aliphatic heterocycles. The molecule has 2 rings (SSSR count). The molecule has 0 bridgehead atoms. The molecule has 7 nitrogen and oxygen atoms in total. The van der Waals surface area contributed by atoms with Crippen molar-refractivity contribution in [3.63, 3.8) is 0 Å². The van der Waals surface area contributed by atoms with Gasteiger partial charge in [-0.15, -0.1) is 0 Å². The highest BCUT2D eigenvalue weighted by Crippen LogP contribution is 2.18. The normalized spacial score (nSPS) is 10.7. The Kier molecular flexibility index (Phi) is 5.11. The number of carbonyl (C=O) groups is 1. The molecule has 2 aromatic heterocycles. The number of nitrogens with one attached hydrogen (secondary N) is 1. The first-order valence-corrected chi connectivity index (χ1v) is 7.04. The second-order valence-electron chi connectivity index (χ2n) is 5.00. The van der Waals surface area contributed by atoms with E-state index in [0.29, 0.717) is 30.9 Å². The first-order valence-electron chi connectivity index (χ1n) is 7.04. The number of hydrogen-bond acceptors (Lipinski definition) is 5. The standard InChI is InChI=1S/C15H21N5O2/c1-10-12(11(2)20(19-10)6-7-22-3)9-18-14-4-5-17-8-13(14)15(16)21/h4-5,8H,6-7,9H2,1-3H3,(H2,16,21)(H,17,18). The summed E-state index contributed by atoms with van der Waals surface area (Å²) in [4.78, 5) is 15.3. The number of aromatic nitrogens is 3. The van der Waals surface area contributed by atoms with Crippen LogP contribution < -0.4 is 11.1 Å². The second kappa shape index (κ2) is 7.04. The quantitative estimate of drug-likeness (QED) is 0.802. The van der Waals surface area contributed by atoms with Crippen LogP contribution >= 0.6 is 0 Å². The first-order chi connectivity index (χ1) is 10.5. The minimum absolute atomic E-state index is 0.379. The van der Waals surface area contributed by atoms with E-state index in [0.717, 1.165) is 17.0 Å². The van der Waals surface area contributed by atoms with Crippen LogP contribution in [0.25, 0.3) is 0 Å². The zero-order chi connectivity index (χ0) is 16.1. The van der Waals surface area contributed by atoms with Crippen LogP contribution in [0, 0.1) is 13.8 Å². The van der Waals surface area contributed by atoms with Crippen molar-refractivity contribution >= 4 is 11.6 Å². The van der Waals surface area contributed by atoms with Crippen LogP contribution in [0.3, 0.4) is 0 Å². The summed E-state index contributed by atoms with van der Waals surface area (Å²) in [5, 5.41) is 7.75. The van der Waals surface area contributed by atoms with E-state index in [1.807, 2.05) is 18.5 Å². The Morgan fingerprint density at radius 2 is 2.23 bits per heavy atom. The smallest absolute Gasteiger partial charge is 0.252 e. The molecule has 2 heterocycles. The van der Waals surface area contributed by atoms with E-state index in [1.165, 1.54) is 6.20 Å². The summed E-state index contributed by atoms with van der Waals surface area (Å²) in [6.45, 7) is 5.88. The number of carbonyl (C=O) groups excluding carboxylic acids is 1. The van der Waals surface area contributed by atoms with Crippen LogP contribution in [0.1, 0.15) is 27.3 Å². The van der Waals surface area contributed by atoms with Gasteiger partial charge in [0.2, 0.25) is 0 Å². The predicted molar refractivity (Wildman–Crippen MR) is 83.7 cm³/mol. The molecule has 0 spiro atoms. The summed E-state index contributed by atoms with van der Waals surface area (Å²) in [7, 11) is 1.67. The van der Waals surface area contributed by atoms with Crippen LogP contribution in [0.4, 0.5) is 5.69 Å². The van der Waals surface area contributed by atoms with E-state index in [4.69, 9.17) is 10.5 Å². The van der Waals surface area contributed by atoms with Crippen molar-refractivity contribution < 1.29 is 9.53 Å². The number of hydrogen-bond donors (Lipinski definition) is 2. The minimum Gasteiger partial charge on any atom is -0.383 e. The van der Waals surface area contributed by atoms with Crippen molar-refractivity contribution in [2.75, 3.05) is 19.0 Å². The number of nitrogens with zero attached hydrogens (tertiary/aromatic N) is 3. The molecule has 0 saturated heterocycles. The lowest BCUT2D eigenvalue weighted by Crippen LogP contribution is -2.15. The van der Waals surface area contributed by atoms with Gasteiger partial charge in [-0.1, -0.05) is 0 Å². The molecule has 0 aliphatic carbocycles. The van der Waals surface area contributed by atoms with Gasteiger partial charge in [-0.25, -0.2) is 0 Å². The Labute approximate surface area is 129 Å². The third-order valence-corrected chi connectivity index (χ3v) is 3.58. The lowest BCUT2D eigenvalue weighted by atomic mass is 10.1. The fourth-order valence-corrected chi connectivity index (χ4v) is 2.31. The molecule has 0 unspecified atom stereocenters. The molecule has 0 fully saturated rings. The highest BCUT2D eigenvalue weighted by atomic mass is 16.5. The van der Waals surface area contributed by atoms with Crippen LogP contribution in [-0.2, 0) is 17.8 Å². The van der Waals surface area contributed by atoms with Crippen molar-refractivity contribution in [2.24, 2.45) is 5.73 Å². The maximum atomic E-state index is 11.4. The molecule has 0 aromatic carbocycles. The van der Waals surface area contributed by atoms with Crippen LogP contribution in [0.15, 0.2) is 18.5 Å². The first kappa shape index (κ1) is 16.0. The number of ether oxygens (including phenoxy) is 1. The monoisotopic (exact) mass is 303 g/mol. The highest BCUT2D eigenvalue weighted by Gasteiger charge is 2.13. The largest absolute Gasteiger partial charge is 0.383 e. The van der Waals surface area contributed by atoms with Crippen LogP contribution in [0.5, 0.6) is 0 Å². The molecule has 0 saturated carbocycles. The van der Waals surface area contributed by atoms with Gasteiger partial charge in [-0.05, 0) is 19.9 Å². The van der Waals surface area contributed by atoms with Crippen molar-refractivity contribution in [3.8, 4) is 0 Å². The zero-order valence-corrected chi connectivity index (χ0v) is 13.1. The van der Waals surface area contributed by atoms with Crippen molar-refractivity contribution in [1.29, 1.82) is 0 Å². The average Bonchev–Trinajstić information content (AvgIpc) is 2.77. The van der Waals surface area contributed by atoms with Crippen LogP contribution in [-0.4, -0.2) is 34.4 Å². The third-order valence-electron chi connectivity index (χ3n) is 3.58. The van der Waals surface area contributed by atoms with E-state index in [1.54, 1.807) is 19.4 Å². The summed E-state index contributed by atoms with van der Waals surface area (Å²) in [5.41, 5.74) is 9.54. The van der Waals surface area contributed by atoms with Gasteiger partial charge in [0.15, 0.2) is 0 Å². The maximum Gasteiger partial charge on any atom is 0.252 e. The van der Waals surface area contributed by atoms with E-state index in [-0.39, 0.29) is 0 Å². The summed E-state index contributed by atoms with van der Waals surface area (Å²) in [6.07, 6.45) is 3.09. The Hall–Kier alpha value is -2.41. The van der Waals surface area contributed by atoms with E-state index >= 15 is 0 Å². The number of primary amides is 1. The Bertz CT molecular complexity index is 666. The predicted octanol–water partition coefficient (Wildman–Crippen LogP) is 1.25. The van der Waals surface area contributed by atoms with Gasteiger partial charge in [-0.2, -0.15) is 5.10 Å². The van der Waals surface area contributed by atoms with Gasteiger partial charge in [0.1, 0.15) is 0 Å². The number of anilines is 1. The highest BCUT2D eigenvalue weighted by molar-refractivity contribution is 5.98. The lowest BCUT2D eigenvalue weighted by molar-refractivity contribution is 0.100. The number of rotatable bonds is 7. The van der Waals surface area contributed by atoms with Gasteiger partial charge >= 0.3 is 0 Å². The van der Waals surface area contributed by atoms with Gasteiger partial charge in [0.05, 0.1) is 30.1 Å².